The van der Waals surface area contributed by atoms with Crippen LogP contribution in [0.3, 0.4) is 0 Å². The Bertz CT molecular complexity index is 491. The summed E-state index contributed by atoms with van der Waals surface area (Å²) in [4.78, 5) is 11.3. The third-order valence-electron chi connectivity index (χ3n) is 4.38. The van der Waals surface area contributed by atoms with E-state index in [9.17, 15) is 0 Å². The van der Waals surface area contributed by atoms with E-state index < -0.39 is 0 Å². The SMILES string of the molecule is CNC1CN(c2nc(N)nc3c2CCC(C)(C)C3)C1. The maximum atomic E-state index is 5.89. The zero-order valence-corrected chi connectivity index (χ0v) is 12.0. The molecule has 1 aromatic rings. The summed E-state index contributed by atoms with van der Waals surface area (Å²) in [5, 5.41) is 3.29. The molecule has 2 aliphatic rings. The number of nitrogens with one attached hydrogen (secondary N) is 1. The van der Waals surface area contributed by atoms with Crippen LogP contribution in [0.25, 0.3) is 0 Å². The summed E-state index contributed by atoms with van der Waals surface area (Å²) in [5.74, 6) is 1.49. The molecule has 0 aromatic carbocycles. The Balaban J connectivity index is 1.91. The fourth-order valence-electron chi connectivity index (χ4n) is 3.04. The summed E-state index contributed by atoms with van der Waals surface area (Å²) in [6.45, 7) is 6.63. The van der Waals surface area contributed by atoms with Crippen molar-refractivity contribution in [2.45, 2.75) is 39.2 Å². The van der Waals surface area contributed by atoms with Crippen molar-refractivity contribution in [2.24, 2.45) is 5.41 Å². The van der Waals surface area contributed by atoms with Gasteiger partial charge in [0.15, 0.2) is 0 Å². The van der Waals surface area contributed by atoms with Crippen molar-refractivity contribution in [3.8, 4) is 0 Å². The van der Waals surface area contributed by atoms with Crippen LogP contribution in [0.1, 0.15) is 31.5 Å². The van der Waals surface area contributed by atoms with Crippen LogP contribution >= 0.6 is 0 Å². The summed E-state index contributed by atoms with van der Waals surface area (Å²) in [7, 11) is 2.01. The van der Waals surface area contributed by atoms with Crippen molar-refractivity contribution in [1.29, 1.82) is 0 Å². The molecule has 1 fully saturated rings. The van der Waals surface area contributed by atoms with Gasteiger partial charge in [-0.25, -0.2) is 4.98 Å². The van der Waals surface area contributed by atoms with Gasteiger partial charge in [-0.15, -0.1) is 0 Å². The first-order chi connectivity index (χ1) is 8.98. The topological polar surface area (TPSA) is 67.1 Å². The van der Waals surface area contributed by atoms with Crippen LogP contribution in [0.15, 0.2) is 0 Å². The Kier molecular flexibility index (Phi) is 2.89. The Morgan fingerprint density at radius 3 is 2.74 bits per heavy atom. The molecular formula is C14H23N5. The molecule has 3 N–H and O–H groups in total. The van der Waals surface area contributed by atoms with Crippen molar-refractivity contribution in [3.05, 3.63) is 11.3 Å². The smallest absolute Gasteiger partial charge is 0.222 e. The molecule has 1 saturated heterocycles. The highest BCUT2D eigenvalue weighted by molar-refractivity contribution is 5.55. The van der Waals surface area contributed by atoms with Crippen molar-refractivity contribution < 1.29 is 0 Å². The second-order valence-corrected chi connectivity index (χ2v) is 6.56. The lowest BCUT2D eigenvalue weighted by Gasteiger charge is -2.42. The van der Waals surface area contributed by atoms with Gasteiger partial charge >= 0.3 is 0 Å². The van der Waals surface area contributed by atoms with Gasteiger partial charge in [-0.05, 0) is 31.7 Å². The zero-order valence-electron chi connectivity index (χ0n) is 12.0. The summed E-state index contributed by atoms with van der Waals surface area (Å²) in [6, 6.07) is 0.576. The maximum absolute atomic E-state index is 5.89. The van der Waals surface area contributed by atoms with E-state index in [0.29, 0.717) is 17.4 Å². The normalized spacial score (nSPS) is 21.9. The van der Waals surface area contributed by atoms with Crippen LogP contribution in [0.4, 0.5) is 11.8 Å². The predicted octanol–water partition coefficient (Wildman–Crippen LogP) is 0.982. The van der Waals surface area contributed by atoms with Crippen molar-refractivity contribution in [2.75, 3.05) is 30.8 Å². The molecule has 3 rings (SSSR count). The lowest BCUT2D eigenvalue weighted by molar-refractivity contribution is 0.309. The van der Waals surface area contributed by atoms with E-state index in [1.54, 1.807) is 0 Å². The van der Waals surface area contributed by atoms with Crippen LogP contribution in [0.5, 0.6) is 0 Å². The fourth-order valence-corrected chi connectivity index (χ4v) is 3.04. The van der Waals surface area contributed by atoms with Gasteiger partial charge in [0.2, 0.25) is 5.95 Å². The molecule has 1 aromatic heterocycles. The second kappa shape index (κ2) is 4.34. The van der Waals surface area contributed by atoms with Gasteiger partial charge in [0.1, 0.15) is 5.82 Å². The number of likely N-dealkylation sites (N-methyl/N-ethyl adjacent to an activating group) is 1. The highest BCUT2D eigenvalue weighted by atomic mass is 15.3. The van der Waals surface area contributed by atoms with Gasteiger partial charge in [0, 0.05) is 24.7 Å². The lowest BCUT2D eigenvalue weighted by Crippen LogP contribution is -2.57. The summed E-state index contributed by atoms with van der Waals surface area (Å²) in [5.41, 5.74) is 8.70. The van der Waals surface area contributed by atoms with Crippen LogP contribution < -0.4 is 16.0 Å². The summed E-state index contributed by atoms with van der Waals surface area (Å²) >= 11 is 0. The molecule has 0 saturated carbocycles. The predicted molar refractivity (Wildman–Crippen MR) is 77.3 cm³/mol. The molecule has 1 aliphatic heterocycles. The lowest BCUT2D eigenvalue weighted by atomic mass is 9.76. The number of rotatable bonds is 2. The highest BCUT2D eigenvalue weighted by Crippen LogP contribution is 2.38. The number of nitrogens with two attached hydrogens (primary N) is 1. The molecule has 104 valence electrons. The first-order valence-corrected chi connectivity index (χ1v) is 7.06. The minimum atomic E-state index is 0.327. The molecule has 5 heteroatoms. The first-order valence-electron chi connectivity index (χ1n) is 7.06. The van der Waals surface area contributed by atoms with Gasteiger partial charge in [0.05, 0.1) is 5.69 Å². The Morgan fingerprint density at radius 2 is 2.05 bits per heavy atom. The quantitative estimate of drug-likeness (QED) is 0.831. The molecule has 1 aliphatic carbocycles. The third kappa shape index (κ3) is 2.27. The van der Waals surface area contributed by atoms with E-state index in [1.807, 2.05) is 7.05 Å². The molecule has 0 atom stereocenters. The average molecular weight is 261 g/mol. The fraction of sp³-hybridized carbons (Fsp3) is 0.714. The number of nitrogens with zero attached hydrogens (tertiary/aromatic N) is 3. The van der Waals surface area contributed by atoms with Gasteiger partial charge in [-0.2, -0.15) is 4.98 Å². The van der Waals surface area contributed by atoms with E-state index in [-0.39, 0.29) is 0 Å². The van der Waals surface area contributed by atoms with Gasteiger partial charge in [-0.3, -0.25) is 0 Å². The summed E-state index contributed by atoms with van der Waals surface area (Å²) < 4.78 is 0. The maximum Gasteiger partial charge on any atom is 0.222 e. The van der Waals surface area contributed by atoms with Crippen molar-refractivity contribution >= 4 is 11.8 Å². The minimum Gasteiger partial charge on any atom is -0.368 e. The molecule has 2 heterocycles. The third-order valence-corrected chi connectivity index (χ3v) is 4.38. The molecule has 0 bridgehead atoms. The zero-order chi connectivity index (χ0) is 13.6. The highest BCUT2D eigenvalue weighted by Gasteiger charge is 2.33. The Morgan fingerprint density at radius 1 is 1.32 bits per heavy atom. The molecule has 0 unspecified atom stereocenters. The summed E-state index contributed by atoms with van der Waals surface area (Å²) in [6.07, 6.45) is 3.27. The number of fused-ring (bicyclic) bond motifs is 1. The Hall–Kier alpha value is -1.36. The van der Waals surface area contributed by atoms with E-state index >= 15 is 0 Å². The van der Waals surface area contributed by atoms with Gasteiger partial charge in [0.25, 0.3) is 0 Å². The molecular weight excluding hydrogens is 238 g/mol. The molecule has 19 heavy (non-hydrogen) atoms. The molecule has 5 nitrogen and oxygen atoms in total. The number of anilines is 2. The molecule has 0 radical (unpaired) electrons. The van der Waals surface area contributed by atoms with E-state index in [1.165, 1.54) is 12.0 Å². The van der Waals surface area contributed by atoms with E-state index in [0.717, 1.165) is 37.4 Å². The first kappa shape index (κ1) is 12.7. The van der Waals surface area contributed by atoms with Crippen molar-refractivity contribution in [3.63, 3.8) is 0 Å². The average Bonchev–Trinajstić information content (AvgIpc) is 2.25. The molecule has 0 amide bonds. The van der Waals surface area contributed by atoms with Gasteiger partial charge < -0.3 is 16.0 Å². The second-order valence-electron chi connectivity index (χ2n) is 6.56. The largest absolute Gasteiger partial charge is 0.368 e. The van der Waals surface area contributed by atoms with Crippen LogP contribution in [-0.4, -0.2) is 36.1 Å². The van der Waals surface area contributed by atoms with E-state index in [2.05, 4.69) is 34.0 Å². The number of nitrogen functional groups attached to an aromatic ring is 1. The van der Waals surface area contributed by atoms with Crippen LogP contribution in [0, 0.1) is 5.41 Å². The van der Waals surface area contributed by atoms with Gasteiger partial charge in [-0.1, -0.05) is 13.8 Å². The Labute approximate surface area is 114 Å². The number of hydrogen-bond donors (Lipinski definition) is 2. The van der Waals surface area contributed by atoms with Crippen LogP contribution in [-0.2, 0) is 12.8 Å². The minimum absolute atomic E-state index is 0.327. The molecule has 0 spiro atoms. The van der Waals surface area contributed by atoms with E-state index in [4.69, 9.17) is 5.73 Å². The monoisotopic (exact) mass is 261 g/mol. The number of aromatic nitrogens is 2. The van der Waals surface area contributed by atoms with Crippen LogP contribution in [0.2, 0.25) is 0 Å². The number of hydrogen-bond acceptors (Lipinski definition) is 5. The standard InChI is InChI=1S/C14H23N5/c1-14(2)5-4-10-11(6-14)17-13(15)18-12(10)19-7-9(8-19)16-3/h9,16H,4-8H2,1-3H3,(H2,15,17,18). The van der Waals surface area contributed by atoms with Crippen molar-refractivity contribution in [1.82, 2.24) is 15.3 Å².